The molecule has 0 fully saturated rings. The molecule has 0 saturated heterocycles. The van der Waals surface area contributed by atoms with Gasteiger partial charge in [-0.05, 0) is 42.2 Å². The Morgan fingerprint density at radius 1 is 1.07 bits per heavy atom. The lowest BCUT2D eigenvalue weighted by Gasteiger charge is -2.29. The normalized spacial score (nSPS) is 18.0. The average molecular weight is 395 g/mol. The van der Waals surface area contributed by atoms with E-state index in [4.69, 9.17) is 14.2 Å². The van der Waals surface area contributed by atoms with Gasteiger partial charge in [-0.3, -0.25) is 0 Å². The molecule has 1 aliphatic rings. The molecule has 0 saturated carbocycles. The second-order valence-corrected chi connectivity index (χ2v) is 7.41. The first-order valence-corrected chi connectivity index (χ1v) is 9.81. The van der Waals surface area contributed by atoms with Gasteiger partial charge in [0.25, 0.3) is 0 Å². The summed E-state index contributed by atoms with van der Waals surface area (Å²) in [5.74, 6) is 0.930. The SMILES string of the molecule is COC(=O)/C1=C/N(Cc2ccc(C)cc2)CCc2cc(OC)c(OC)cc2C1C. The van der Waals surface area contributed by atoms with Gasteiger partial charge >= 0.3 is 5.97 Å². The van der Waals surface area contributed by atoms with E-state index in [0.717, 1.165) is 30.6 Å². The lowest BCUT2D eigenvalue weighted by Crippen LogP contribution is -2.26. The van der Waals surface area contributed by atoms with E-state index >= 15 is 0 Å². The summed E-state index contributed by atoms with van der Waals surface area (Å²) in [6.07, 6.45) is 2.80. The van der Waals surface area contributed by atoms with Crippen LogP contribution in [0.4, 0.5) is 0 Å². The molecule has 0 bridgehead atoms. The molecule has 1 aliphatic heterocycles. The summed E-state index contributed by atoms with van der Waals surface area (Å²) in [5, 5.41) is 0. The summed E-state index contributed by atoms with van der Waals surface area (Å²) < 4.78 is 16.1. The molecule has 2 aromatic carbocycles. The molecule has 2 aromatic rings. The number of hydrogen-bond acceptors (Lipinski definition) is 5. The first-order chi connectivity index (χ1) is 14.0. The Morgan fingerprint density at radius 3 is 2.34 bits per heavy atom. The molecule has 154 valence electrons. The van der Waals surface area contributed by atoms with Crippen molar-refractivity contribution in [2.75, 3.05) is 27.9 Å². The summed E-state index contributed by atoms with van der Waals surface area (Å²) in [7, 11) is 4.69. The molecule has 0 amide bonds. The van der Waals surface area contributed by atoms with Gasteiger partial charge in [-0.2, -0.15) is 0 Å². The van der Waals surface area contributed by atoms with Crippen molar-refractivity contribution in [3.63, 3.8) is 0 Å². The number of methoxy groups -OCH3 is 3. The number of ether oxygens (including phenoxy) is 3. The zero-order valence-electron chi connectivity index (χ0n) is 17.8. The molecule has 1 atom stereocenters. The van der Waals surface area contributed by atoms with Crippen LogP contribution >= 0.6 is 0 Å². The standard InChI is InChI=1S/C24H29NO4/c1-16-6-8-18(9-7-16)14-25-11-10-19-12-22(27-3)23(28-4)13-20(19)17(2)21(15-25)24(26)29-5/h6-9,12-13,15,17H,10-11,14H2,1-5H3/b21-15+. The Bertz CT molecular complexity index is 902. The van der Waals surface area contributed by atoms with Crippen LogP contribution in [0, 0.1) is 6.92 Å². The largest absolute Gasteiger partial charge is 0.493 e. The van der Waals surface area contributed by atoms with Crippen molar-refractivity contribution >= 4 is 5.97 Å². The van der Waals surface area contributed by atoms with Crippen LogP contribution in [0.3, 0.4) is 0 Å². The highest BCUT2D eigenvalue weighted by molar-refractivity contribution is 5.90. The van der Waals surface area contributed by atoms with Crippen LogP contribution in [0.1, 0.15) is 35.1 Å². The third-order valence-corrected chi connectivity index (χ3v) is 5.50. The molecule has 3 rings (SSSR count). The van der Waals surface area contributed by atoms with Crippen molar-refractivity contribution in [2.45, 2.75) is 32.7 Å². The van der Waals surface area contributed by atoms with E-state index in [1.54, 1.807) is 14.2 Å². The first kappa shape index (κ1) is 20.8. The van der Waals surface area contributed by atoms with Gasteiger partial charge < -0.3 is 19.1 Å². The quantitative estimate of drug-likeness (QED) is 0.709. The van der Waals surface area contributed by atoms with E-state index in [1.807, 2.05) is 25.3 Å². The summed E-state index contributed by atoms with van der Waals surface area (Å²) in [6, 6.07) is 12.5. The second kappa shape index (κ2) is 9.03. The number of nitrogens with zero attached hydrogens (tertiary/aromatic N) is 1. The van der Waals surface area contributed by atoms with Gasteiger partial charge in [-0.25, -0.2) is 4.79 Å². The zero-order valence-corrected chi connectivity index (χ0v) is 17.8. The Kier molecular flexibility index (Phi) is 6.47. The van der Waals surface area contributed by atoms with Crippen LogP contribution in [0.5, 0.6) is 11.5 Å². The van der Waals surface area contributed by atoms with Crippen LogP contribution in [-0.4, -0.2) is 38.7 Å². The topological polar surface area (TPSA) is 48.0 Å². The van der Waals surface area contributed by atoms with Gasteiger partial charge in [-0.1, -0.05) is 36.8 Å². The van der Waals surface area contributed by atoms with E-state index in [9.17, 15) is 4.79 Å². The minimum absolute atomic E-state index is 0.127. The van der Waals surface area contributed by atoms with E-state index in [0.29, 0.717) is 17.1 Å². The number of carbonyl (C=O) groups is 1. The highest BCUT2D eigenvalue weighted by atomic mass is 16.5. The Morgan fingerprint density at radius 2 is 1.72 bits per heavy atom. The molecule has 0 N–H and O–H groups in total. The maximum Gasteiger partial charge on any atom is 0.335 e. The molecule has 5 heteroatoms. The smallest absolute Gasteiger partial charge is 0.335 e. The molecule has 1 unspecified atom stereocenters. The van der Waals surface area contributed by atoms with E-state index in [2.05, 4.69) is 36.1 Å². The van der Waals surface area contributed by atoms with Crippen LogP contribution in [0.15, 0.2) is 48.2 Å². The van der Waals surface area contributed by atoms with Gasteiger partial charge in [0.2, 0.25) is 0 Å². The van der Waals surface area contributed by atoms with Crippen molar-refractivity contribution in [2.24, 2.45) is 0 Å². The number of benzene rings is 2. The highest BCUT2D eigenvalue weighted by Crippen LogP contribution is 2.38. The fourth-order valence-electron chi connectivity index (χ4n) is 3.76. The van der Waals surface area contributed by atoms with Crippen LogP contribution in [0.2, 0.25) is 0 Å². The third kappa shape index (κ3) is 4.56. The summed E-state index contributed by atoms with van der Waals surface area (Å²) in [5.41, 5.74) is 5.29. The fourth-order valence-corrected chi connectivity index (χ4v) is 3.76. The fraction of sp³-hybridized carbons (Fsp3) is 0.375. The minimum atomic E-state index is -0.311. The molecule has 0 aromatic heterocycles. The number of rotatable bonds is 5. The lowest BCUT2D eigenvalue weighted by molar-refractivity contribution is -0.136. The zero-order chi connectivity index (χ0) is 21.0. The van der Waals surface area contributed by atoms with E-state index in [1.165, 1.54) is 18.2 Å². The molecular weight excluding hydrogens is 366 g/mol. The molecule has 5 nitrogen and oxygen atoms in total. The van der Waals surface area contributed by atoms with E-state index < -0.39 is 0 Å². The predicted octanol–water partition coefficient (Wildman–Crippen LogP) is 4.23. The molecule has 1 heterocycles. The molecule has 29 heavy (non-hydrogen) atoms. The summed E-state index contributed by atoms with van der Waals surface area (Å²) in [6.45, 7) is 5.62. The Balaban J connectivity index is 2.01. The number of aryl methyl sites for hydroxylation is 1. The van der Waals surface area contributed by atoms with Crippen molar-refractivity contribution in [1.82, 2.24) is 4.90 Å². The highest BCUT2D eigenvalue weighted by Gasteiger charge is 2.26. The summed E-state index contributed by atoms with van der Waals surface area (Å²) >= 11 is 0. The molecule has 0 radical (unpaired) electrons. The molecular formula is C24H29NO4. The number of carbonyl (C=O) groups excluding carboxylic acids is 1. The van der Waals surface area contributed by atoms with E-state index in [-0.39, 0.29) is 11.9 Å². The molecule has 0 aliphatic carbocycles. The maximum atomic E-state index is 12.6. The Hall–Kier alpha value is -2.95. The van der Waals surface area contributed by atoms with Gasteiger partial charge in [-0.15, -0.1) is 0 Å². The van der Waals surface area contributed by atoms with Crippen molar-refractivity contribution in [3.05, 3.63) is 70.4 Å². The maximum absolute atomic E-state index is 12.6. The average Bonchev–Trinajstić information content (AvgIpc) is 2.74. The number of esters is 1. The monoisotopic (exact) mass is 395 g/mol. The Labute approximate surface area is 172 Å². The van der Waals surface area contributed by atoms with Gasteiger partial charge in [0.15, 0.2) is 11.5 Å². The van der Waals surface area contributed by atoms with Crippen LogP contribution in [-0.2, 0) is 22.5 Å². The van der Waals surface area contributed by atoms with Gasteiger partial charge in [0.1, 0.15) is 0 Å². The summed E-state index contributed by atoms with van der Waals surface area (Å²) in [4.78, 5) is 14.8. The number of hydrogen-bond donors (Lipinski definition) is 0. The van der Waals surface area contributed by atoms with Crippen LogP contribution in [0.25, 0.3) is 0 Å². The van der Waals surface area contributed by atoms with Gasteiger partial charge in [0.05, 0.1) is 26.9 Å². The van der Waals surface area contributed by atoms with Gasteiger partial charge in [0, 0.05) is 25.2 Å². The van der Waals surface area contributed by atoms with Crippen molar-refractivity contribution in [1.29, 1.82) is 0 Å². The first-order valence-electron chi connectivity index (χ1n) is 9.81. The predicted molar refractivity (Wildman–Crippen MR) is 113 cm³/mol. The second-order valence-electron chi connectivity index (χ2n) is 7.41. The van der Waals surface area contributed by atoms with Crippen molar-refractivity contribution in [3.8, 4) is 11.5 Å². The number of fused-ring (bicyclic) bond motifs is 1. The van der Waals surface area contributed by atoms with Crippen LogP contribution < -0.4 is 9.47 Å². The van der Waals surface area contributed by atoms with Crippen molar-refractivity contribution < 1.29 is 19.0 Å². The third-order valence-electron chi connectivity index (χ3n) is 5.50. The molecule has 0 spiro atoms. The minimum Gasteiger partial charge on any atom is -0.493 e. The lowest BCUT2D eigenvalue weighted by atomic mass is 9.86.